The predicted octanol–water partition coefficient (Wildman–Crippen LogP) is 5.51. The standard InChI is InChI=1S/C25H41BO2/c1-4-17-18-9-5-6-14-25(18,3)20-13-15-24(2)16(8-7-10-21(26)27)11-12-19(24)22(20)23(17)28/h16-20,22-23,28H,4-15H2,1-3H3/t16?,17-,18?,19?,20?,22?,23?,24?,25?/m1/s1. The molecule has 9 atom stereocenters. The second kappa shape index (κ2) is 7.75. The van der Waals surface area contributed by atoms with Crippen LogP contribution in [0.4, 0.5) is 0 Å². The molecule has 0 aliphatic heterocycles. The van der Waals surface area contributed by atoms with Gasteiger partial charge in [-0.15, -0.1) is 0 Å². The third-order valence-corrected chi connectivity index (χ3v) is 10.5. The molecule has 2 nitrogen and oxygen atoms in total. The number of aliphatic hydroxyl groups is 1. The molecule has 2 radical (unpaired) electrons. The Bertz CT molecular complexity index is 591. The first kappa shape index (κ1) is 20.9. The second-order valence-electron chi connectivity index (χ2n) is 11.4. The summed E-state index contributed by atoms with van der Waals surface area (Å²) in [6, 6.07) is 0. The van der Waals surface area contributed by atoms with Crippen molar-refractivity contribution in [1.82, 2.24) is 0 Å². The quantitative estimate of drug-likeness (QED) is 0.635. The van der Waals surface area contributed by atoms with E-state index in [0.717, 1.165) is 31.1 Å². The normalized spacial score (nSPS) is 50.5. The smallest absolute Gasteiger partial charge is 0.167 e. The maximum atomic E-state index is 11.7. The van der Waals surface area contributed by atoms with Crippen LogP contribution in [0.2, 0.25) is 0 Å². The van der Waals surface area contributed by atoms with E-state index in [4.69, 9.17) is 7.85 Å². The van der Waals surface area contributed by atoms with E-state index in [9.17, 15) is 9.90 Å². The molecule has 3 heteroatoms. The van der Waals surface area contributed by atoms with Crippen LogP contribution in [0, 0.1) is 46.3 Å². The first-order valence-electron chi connectivity index (χ1n) is 12.3. The van der Waals surface area contributed by atoms with Crippen LogP contribution in [0.25, 0.3) is 0 Å². The summed E-state index contributed by atoms with van der Waals surface area (Å²) in [6.45, 7) is 7.44. The van der Waals surface area contributed by atoms with Crippen LogP contribution in [0.15, 0.2) is 0 Å². The van der Waals surface area contributed by atoms with E-state index in [1.807, 2.05) is 0 Å². The minimum atomic E-state index is -0.159. The molecule has 4 aliphatic rings. The van der Waals surface area contributed by atoms with Crippen LogP contribution in [-0.4, -0.2) is 24.7 Å². The SMILES string of the molecule is [B]C(=O)CCCC1CCC2C3C(O)[C@H](CC)C4CCCCC4(C)C3CCC12C. The van der Waals surface area contributed by atoms with Crippen molar-refractivity contribution in [3.05, 3.63) is 0 Å². The van der Waals surface area contributed by atoms with Crippen LogP contribution in [0.3, 0.4) is 0 Å². The Morgan fingerprint density at radius 2 is 1.75 bits per heavy atom. The highest BCUT2D eigenvalue weighted by Gasteiger charge is 2.63. The number of fused-ring (bicyclic) bond motifs is 5. The zero-order chi connectivity index (χ0) is 20.1. The molecular weight excluding hydrogens is 343 g/mol. The number of carbonyl (C=O) groups is 1. The van der Waals surface area contributed by atoms with Gasteiger partial charge in [-0.1, -0.05) is 40.0 Å². The molecule has 8 unspecified atom stereocenters. The number of aliphatic hydroxyl groups excluding tert-OH is 1. The van der Waals surface area contributed by atoms with E-state index in [1.165, 1.54) is 51.4 Å². The van der Waals surface area contributed by atoms with Crippen LogP contribution in [0.1, 0.15) is 97.8 Å². The molecular formula is C25H41BO2. The highest BCUT2D eigenvalue weighted by Crippen LogP contribution is 2.69. The molecule has 4 fully saturated rings. The molecule has 0 amide bonds. The van der Waals surface area contributed by atoms with Crippen molar-refractivity contribution in [2.24, 2.45) is 46.3 Å². The van der Waals surface area contributed by atoms with Gasteiger partial charge in [-0.2, -0.15) is 0 Å². The van der Waals surface area contributed by atoms with Crippen LogP contribution in [0.5, 0.6) is 0 Å². The number of carbonyl (C=O) groups excluding carboxylic acids is 1. The number of hydrogen-bond acceptors (Lipinski definition) is 2. The fraction of sp³-hybridized carbons (Fsp3) is 0.960. The van der Waals surface area contributed by atoms with Crippen molar-refractivity contribution in [3.8, 4) is 0 Å². The van der Waals surface area contributed by atoms with Crippen molar-refractivity contribution < 1.29 is 9.90 Å². The summed E-state index contributed by atoms with van der Waals surface area (Å²) in [5.74, 6) is 3.85. The summed E-state index contributed by atoms with van der Waals surface area (Å²) in [5, 5.41) is 11.7. The summed E-state index contributed by atoms with van der Waals surface area (Å²) >= 11 is 0. The van der Waals surface area contributed by atoms with E-state index >= 15 is 0 Å². The molecule has 28 heavy (non-hydrogen) atoms. The van der Waals surface area contributed by atoms with Gasteiger partial charge in [0.1, 0.15) is 0 Å². The molecule has 0 aromatic carbocycles. The fourth-order valence-electron chi connectivity index (χ4n) is 9.14. The fourth-order valence-corrected chi connectivity index (χ4v) is 9.14. The summed E-state index contributed by atoms with van der Waals surface area (Å²) in [6.07, 6.45) is 14.3. The van der Waals surface area contributed by atoms with Gasteiger partial charge in [0.25, 0.3) is 0 Å². The average Bonchev–Trinajstić information content (AvgIpc) is 2.99. The van der Waals surface area contributed by atoms with Crippen molar-refractivity contribution >= 4 is 13.5 Å². The zero-order valence-electron chi connectivity index (χ0n) is 18.5. The van der Waals surface area contributed by atoms with Gasteiger partial charge in [0, 0.05) is 0 Å². The van der Waals surface area contributed by atoms with Gasteiger partial charge in [0.2, 0.25) is 0 Å². The lowest BCUT2D eigenvalue weighted by molar-refractivity contribution is -0.193. The van der Waals surface area contributed by atoms with E-state index in [2.05, 4.69) is 20.8 Å². The lowest BCUT2D eigenvalue weighted by Gasteiger charge is -2.64. The maximum Gasteiger partial charge on any atom is 0.167 e. The van der Waals surface area contributed by atoms with E-state index in [0.29, 0.717) is 40.9 Å². The van der Waals surface area contributed by atoms with Gasteiger partial charge in [0.05, 0.1) is 11.8 Å². The number of rotatable bonds is 5. The van der Waals surface area contributed by atoms with Crippen LogP contribution >= 0.6 is 0 Å². The summed E-state index contributed by atoms with van der Waals surface area (Å²) < 4.78 is 0. The Morgan fingerprint density at radius 3 is 2.46 bits per heavy atom. The monoisotopic (exact) mass is 384 g/mol. The van der Waals surface area contributed by atoms with Crippen molar-refractivity contribution in [2.45, 2.75) is 104 Å². The Morgan fingerprint density at radius 1 is 1.00 bits per heavy atom. The Labute approximate surface area is 174 Å². The summed E-state index contributed by atoms with van der Waals surface area (Å²) in [5.41, 5.74) is 0.651. The average molecular weight is 384 g/mol. The minimum absolute atomic E-state index is 0.0971. The molecule has 0 heterocycles. The highest BCUT2D eigenvalue weighted by atomic mass is 16.3. The topological polar surface area (TPSA) is 37.3 Å². The van der Waals surface area contributed by atoms with Gasteiger partial charge in [-0.3, -0.25) is 0 Å². The summed E-state index contributed by atoms with van der Waals surface area (Å²) in [4.78, 5) is 11.2. The van der Waals surface area contributed by atoms with Crippen LogP contribution < -0.4 is 0 Å². The van der Waals surface area contributed by atoms with Crippen molar-refractivity contribution in [2.75, 3.05) is 0 Å². The van der Waals surface area contributed by atoms with Gasteiger partial charge in [0.15, 0.2) is 7.85 Å². The molecule has 0 aromatic rings. The van der Waals surface area contributed by atoms with Gasteiger partial charge in [-0.25, -0.2) is 0 Å². The summed E-state index contributed by atoms with van der Waals surface area (Å²) in [7, 11) is 5.38. The molecule has 0 bridgehead atoms. The van der Waals surface area contributed by atoms with Crippen molar-refractivity contribution in [1.29, 1.82) is 0 Å². The molecule has 0 aromatic heterocycles. The first-order chi connectivity index (χ1) is 13.3. The van der Waals surface area contributed by atoms with E-state index < -0.39 is 0 Å². The molecule has 0 spiro atoms. The molecule has 1 N–H and O–H groups in total. The van der Waals surface area contributed by atoms with E-state index in [-0.39, 0.29) is 11.8 Å². The minimum Gasteiger partial charge on any atom is -0.393 e. The molecule has 156 valence electrons. The molecule has 4 saturated carbocycles. The largest absolute Gasteiger partial charge is 0.393 e. The third-order valence-electron chi connectivity index (χ3n) is 10.5. The lowest BCUT2D eigenvalue weighted by Crippen LogP contribution is -2.61. The Kier molecular flexibility index (Phi) is 5.80. The van der Waals surface area contributed by atoms with Gasteiger partial charge >= 0.3 is 0 Å². The van der Waals surface area contributed by atoms with E-state index in [1.54, 1.807) is 0 Å². The second-order valence-corrected chi connectivity index (χ2v) is 11.4. The molecule has 4 rings (SSSR count). The maximum absolute atomic E-state index is 11.7. The highest BCUT2D eigenvalue weighted by molar-refractivity contribution is 6.57. The predicted molar refractivity (Wildman–Crippen MR) is 115 cm³/mol. The lowest BCUT2D eigenvalue weighted by atomic mass is 9.41. The Balaban J connectivity index is 1.59. The zero-order valence-corrected chi connectivity index (χ0v) is 18.5. The van der Waals surface area contributed by atoms with Crippen LogP contribution in [-0.2, 0) is 4.79 Å². The Hall–Kier alpha value is -0.305. The first-order valence-corrected chi connectivity index (χ1v) is 12.3. The van der Waals surface area contributed by atoms with Gasteiger partial charge in [-0.05, 0) is 104 Å². The third kappa shape index (κ3) is 3.14. The van der Waals surface area contributed by atoms with Gasteiger partial charge < -0.3 is 9.90 Å². The number of hydrogen-bond donors (Lipinski definition) is 1. The van der Waals surface area contributed by atoms with Crippen molar-refractivity contribution in [3.63, 3.8) is 0 Å². The molecule has 4 aliphatic carbocycles. The molecule has 0 saturated heterocycles.